The molecule has 1 aliphatic rings. The lowest BCUT2D eigenvalue weighted by atomic mass is 10.1. The van der Waals surface area contributed by atoms with Gasteiger partial charge in [0.15, 0.2) is 18.1 Å². The number of sulfonamides is 1. The maximum absolute atomic E-state index is 13.2. The summed E-state index contributed by atoms with van der Waals surface area (Å²) in [5, 5.41) is 23.4. The number of aromatic amines is 1. The summed E-state index contributed by atoms with van der Waals surface area (Å²) in [6.45, 7) is 1.53. The molecule has 13 nitrogen and oxygen atoms in total. The Bertz CT molecular complexity index is 1730. The molecule has 4 aromatic rings. The molecule has 0 atom stereocenters. The maximum Gasteiger partial charge on any atom is 0.264 e. The minimum atomic E-state index is -4.06. The zero-order valence-corrected chi connectivity index (χ0v) is 20.9. The second-order valence-corrected chi connectivity index (χ2v) is 10.4. The number of aromatic hydroxyl groups is 1. The fourth-order valence-corrected chi connectivity index (χ4v) is 4.83. The monoisotopic (exact) mass is 525 g/mol. The van der Waals surface area contributed by atoms with E-state index in [2.05, 4.69) is 20.4 Å². The van der Waals surface area contributed by atoms with Crippen molar-refractivity contribution in [3.63, 3.8) is 0 Å². The normalized spacial score (nSPS) is 13.2. The van der Waals surface area contributed by atoms with Gasteiger partial charge in [0, 0.05) is 26.6 Å². The van der Waals surface area contributed by atoms with Gasteiger partial charge in [-0.3, -0.25) is 9.59 Å². The third-order valence-corrected chi connectivity index (χ3v) is 6.73. The largest absolute Gasteiger partial charge is 0.506 e. The number of H-pyrrole nitrogens is 1. The van der Waals surface area contributed by atoms with Gasteiger partial charge in [-0.05, 0) is 36.2 Å². The molecule has 0 spiro atoms. The van der Waals surface area contributed by atoms with Crippen molar-refractivity contribution < 1.29 is 23.1 Å². The summed E-state index contributed by atoms with van der Waals surface area (Å²) < 4.78 is 30.3. The van der Waals surface area contributed by atoms with Gasteiger partial charge in [0.1, 0.15) is 28.4 Å². The first-order valence-corrected chi connectivity index (χ1v) is 12.6. The highest BCUT2D eigenvalue weighted by molar-refractivity contribution is 7.89. The van der Waals surface area contributed by atoms with E-state index in [0.717, 1.165) is 11.6 Å². The van der Waals surface area contributed by atoms with Crippen molar-refractivity contribution >= 4 is 38.5 Å². The summed E-state index contributed by atoms with van der Waals surface area (Å²) in [4.78, 5) is 33.6. The molecule has 192 valence electrons. The molecular weight excluding hydrogens is 502 g/mol. The van der Waals surface area contributed by atoms with E-state index in [1.807, 2.05) is 0 Å². The number of anilines is 2. The van der Waals surface area contributed by atoms with Crippen LogP contribution < -0.4 is 25.7 Å². The molecule has 37 heavy (non-hydrogen) atoms. The Balaban J connectivity index is 1.66. The number of phenolic OH excluding ortho intramolecular Hbond substituents is 1. The second-order valence-electron chi connectivity index (χ2n) is 8.84. The van der Waals surface area contributed by atoms with Crippen molar-refractivity contribution in [2.24, 2.45) is 5.14 Å². The van der Waals surface area contributed by atoms with Gasteiger partial charge in [-0.15, -0.1) is 5.10 Å². The van der Waals surface area contributed by atoms with Gasteiger partial charge in [0.2, 0.25) is 10.0 Å². The van der Waals surface area contributed by atoms with Crippen LogP contribution in [0.4, 0.5) is 11.5 Å². The number of amides is 1. The number of rotatable bonds is 5. The van der Waals surface area contributed by atoms with Gasteiger partial charge >= 0.3 is 0 Å². The number of nitrogens with two attached hydrogens (primary N) is 1. The number of hydrogen-bond donors (Lipinski definition) is 4. The van der Waals surface area contributed by atoms with E-state index < -0.39 is 21.3 Å². The molecule has 2 aromatic carbocycles. The van der Waals surface area contributed by atoms with Crippen LogP contribution in [0, 0.1) is 6.92 Å². The van der Waals surface area contributed by atoms with Gasteiger partial charge in [-0.25, -0.2) is 23.2 Å². The molecule has 0 saturated carbocycles. The van der Waals surface area contributed by atoms with Crippen LogP contribution in [0.1, 0.15) is 17.0 Å². The number of nitrogens with zero attached hydrogens (tertiary/aromatic N) is 4. The van der Waals surface area contributed by atoms with E-state index >= 15 is 0 Å². The van der Waals surface area contributed by atoms with Crippen molar-refractivity contribution in [3.05, 3.63) is 57.6 Å². The fourth-order valence-electron chi connectivity index (χ4n) is 4.21. The van der Waals surface area contributed by atoms with Gasteiger partial charge < -0.3 is 25.0 Å². The fraction of sp³-hybridized carbons (Fsp3) is 0.217. The van der Waals surface area contributed by atoms with E-state index in [0.29, 0.717) is 28.6 Å². The number of carbonyl (C=O) groups excluding carboxylic acids is 1. The topological polar surface area (TPSA) is 186 Å². The molecule has 14 heteroatoms. The number of aromatic nitrogens is 4. The van der Waals surface area contributed by atoms with Crippen molar-refractivity contribution in [3.8, 4) is 17.2 Å². The van der Waals surface area contributed by atoms with Crippen LogP contribution in [-0.2, 0) is 21.2 Å². The molecule has 0 unspecified atom stereocenters. The lowest BCUT2D eigenvalue weighted by molar-refractivity contribution is -0.118. The average Bonchev–Trinajstić information content (AvgIpc) is 3.18. The highest BCUT2D eigenvalue weighted by atomic mass is 32.2. The quantitative estimate of drug-likeness (QED) is 0.292. The first kappa shape index (κ1) is 24.3. The van der Waals surface area contributed by atoms with Gasteiger partial charge in [-0.1, -0.05) is 6.07 Å². The van der Waals surface area contributed by atoms with E-state index in [1.165, 1.54) is 10.7 Å². The molecular formula is C23H23N7O6S. The molecule has 3 heterocycles. The molecule has 2 aromatic heterocycles. The van der Waals surface area contributed by atoms with Crippen molar-refractivity contribution in [1.29, 1.82) is 0 Å². The zero-order chi connectivity index (χ0) is 26.6. The summed E-state index contributed by atoms with van der Waals surface area (Å²) in [5.41, 5.74) is 1.51. The van der Waals surface area contributed by atoms with E-state index in [4.69, 9.17) is 9.88 Å². The van der Waals surface area contributed by atoms with Gasteiger partial charge in [0.05, 0.1) is 10.6 Å². The van der Waals surface area contributed by atoms with Crippen LogP contribution in [0.25, 0.3) is 16.7 Å². The first-order valence-electron chi connectivity index (χ1n) is 11.0. The summed E-state index contributed by atoms with van der Waals surface area (Å²) in [7, 11) is -0.643. The number of fused-ring (bicyclic) bond motifs is 2. The standard InChI is InChI=1S/C23H23N7O6S/c1-11-6-13(37(24,34)35)9-15(31)20(11)30-21-19(22(28-30)29(2)3)23(33)27-17(26-21)8-12-4-5-16-14(7-12)25-18(32)10-36-16/h4-7,9,31H,8,10H2,1-3H3,(H,25,32)(H2,24,34,35)(H,26,27,33). The van der Waals surface area contributed by atoms with Crippen LogP contribution in [0.3, 0.4) is 0 Å². The van der Waals surface area contributed by atoms with Gasteiger partial charge in [0.25, 0.3) is 11.5 Å². The van der Waals surface area contributed by atoms with E-state index in [1.54, 1.807) is 44.1 Å². The minimum Gasteiger partial charge on any atom is -0.506 e. The van der Waals surface area contributed by atoms with E-state index in [-0.39, 0.29) is 40.6 Å². The Kier molecular flexibility index (Phi) is 5.64. The van der Waals surface area contributed by atoms with Crippen molar-refractivity contribution in [2.45, 2.75) is 18.2 Å². The Hall–Kier alpha value is -4.43. The van der Waals surface area contributed by atoms with Crippen LogP contribution in [0.15, 0.2) is 40.0 Å². The Morgan fingerprint density at radius 3 is 2.65 bits per heavy atom. The average molecular weight is 526 g/mol. The summed E-state index contributed by atoms with van der Waals surface area (Å²) in [6, 6.07) is 7.60. The number of phenols is 1. The Labute approximate surface area is 210 Å². The number of benzene rings is 2. The summed E-state index contributed by atoms with van der Waals surface area (Å²) in [5.74, 6) is 0.500. The van der Waals surface area contributed by atoms with Crippen LogP contribution in [0.2, 0.25) is 0 Å². The third-order valence-electron chi connectivity index (χ3n) is 5.83. The number of aryl methyl sites for hydroxylation is 1. The van der Waals surface area contributed by atoms with Gasteiger partial charge in [-0.2, -0.15) is 0 Å². The SMILES string of the molecule is Cc1cc(S(N)(=O)=O)cc(O)c1-n1nc(N(C)C)c2c(=O)[nH]c(Cc3ccc4c(c3)NC(=O)CO4)nc21. The molecule has 5 N–H and O–H groups in total. The maximum atomic E-state index is 13.2. The molecule has 0 saturated heterocycles. The Morgan fingerprint density at radius 1 is 1.22 bits per heavy atom. The number of ether oxygens (including phenoxy) is 1. The number of nitrogens with one attached hydrogen (secondary N) is 2. The smallest absolute Gasteiger partial charge is 0.264 e. The summed E-state index contributed by atoms with van der Waals surface area (Å²) >= 11 is 0. The second kappa shape index (κ2) is 8.60. The molecule has 0 aliphatic carbocycles. The van der Waals surface area contributed by atoms with Crippen LogP contribution in [0.5, 0.6) is 11.5 Å². The molecule has 0 bridgehead atoms. The summed E-state index contributed by atoms with van der Waals surface area (Å²) in [6.07, 6.45) is 0.214. The van der Waals surface area contributed by atoms with Crippen molar-refractivity contribution in [1.82, 2.24) is 19.7 Å². The van der Waals surface area contributed by atoms with Crippen LogP contribution >= 0.6 is 0 Å². The predicted octanol–water partition coefficient (Wildman–Crippen LogP) is 0.758. The van der Waals surface area contributed by atoms with Crippen molar-refractivity contribution in [2.75, 3.05) is 30.9 Å². The lowest BCUT2D eigenvalue weighted by Gasteiger charge is -2.18. The first-order chi connectivity index (χ1) is 17.4. The highest BCUT2D eigenvalue weighted by Crippen LogP contribution is 2.33. The van der Waals surface area contributed by atoms with E-state index in [9.17, 15) is 23.1 Å². The number of hydrogen-bond acceptors (Lipinski definition) is 9. The molecule has 1 amide bonds. The molecule has 0 fully saturated rings. The minimum absolute atomic E-state index is 0.0550. The Morgan fingerprint density at radius 2 is 1.97 bits per heavy atom. The number of primary sulfonamides is 1. The van der Waals surface area contributed by atoms with Crippen LogP contribution in [-0.4, -0.2) is 59.9 Å². The number of carbonyl (C=O) groups is 1. The predicted molar refractivity (Wildman–Crippen MR) is 135 cm³/mol. The molecule has 5 rings (SSSR count). The molecule has 1 aliphatic heterocycles. The lowest BCUT2D eigenvalue weighted by Crippen LogP contribution is -2.25. The molecule has 0 radical (unpaired) electrons. The zero-order valence-electron chi connectivity index (χ0n) is 20.1. The highest BCUT2D eigenvalue weighted by Gasteiger charge is 2.24. The third kappa shape index (κ3) is 4.36.